The molecule has 2 aliphatic heterocycles. The third-order valence-electron chi connectivity index (χ3n) is 3.28. The van der Waals surface area contributed by atoms with Crippen LogP contribution in [0.15, 0.2) is 18.2 Å². The van der Waals surface area contributed by atoms with Crippen LogP contribution in [0.25, 0.3) is 0 Å². The second-order valence-electron chi connectivity index (χ2n) is 4.47. The molecule has 2 aliphatic rings. The van der Waals surface area contributed by atoms with Crippen LogP contribution in [-0.4, -0.2) is 25.8 Å². The Balaban J connectivity index is 1.61. The number of hydrogen-bond donors (Lipinski definition) is 1. The molecule has 0 saturated carbocycles. The van der Waals surface area contributed by atoms with Crippen molar-refractivity contribution in [3.8, 4) is 11.5 Å². The molecule has 1 atom stereocenters. The van der Waals surface area contributed by atoms with Gasteiger partial charge in [0, 0.05) is 18.5 Å². The van der Waals surface area contributed by atoms with Gasteiger partial charge >= 0.3 is 0 Å². The van der Waals surface area contributed by atoms with Gasteiger partial charge in [0.25, 0.3) is 0 Å². The highest BCUT2D eigenvalue weighted by atomic mass is 16.5. The predicted octanol–water partition coefficient (Wildman–Crippen LogP) is 1.75. The van der Waals surface area contributed by atoms with Crippen molar-refractivity contribution in [1.82, 2.24) is 5.32 Å². The number of hydrogen-bond acceptors (Lipinski definition) is 3. The fraction of sp³-hybridized carbons (Fsp3) is 0.538. The van der Waals surface area contributed by atoms with Crippen LogP contribution in [-0.2, 0) is 6.42 Å². The molecule has 0 aromatic heterocycles. The molecule has 1 aromatic rings. The van der Waals surface area contributed by atoms with Crippen molar-refractivity contribution >= 4 is 0 Å². The van der Waals surface area contributed by atoms with E-state index < -0.39 is 0 Å². The molecule has 0 amide bonds. The van der Waals surface area contributed by atoms with Crippen LogP contribution in [0.1, 0.15) is 18.4 Å². The minimum atomic E-state index is 0.522. The minimum absolute atomic E-state index is 0.522. The summed E-state index contributed by atoms with van der Waals surface area (Å²) in [6.07, 6.45) is 3.52. The highest BCUT2D eigenvalue weighted by Crippen LogP contribution is 2.29. The van der Waals surface area contributed by atoms with Crippen LogP contribution < -0.4 is 14.8 Å². The molecule has 86 valence electrons. The van der Waals surface area contributed by atoms with Gasteiger partial charge in [0.05, 0.1) is 6.61 Å². The standard InChI is InChI=1S/C13H17NO2/c1-2-11(14-6-1)9-16-12-4-3-10-5-7-15-13(10)8-12/h3-4,8,11,14H,1-2,5-7,9H2. The topological polar surface area (TPSA) is 30.5 Å². The molecule has 0 spiro atoms. The van der Waals surface area contributed by atoms with E-state index in [0.29, 0.717) is 6.04 Å². The first kappa shape index (κ1) is 9.97. The van der Waals surface area contributed by atoms with E-state index in [2.05, 4.69) is 11.4 Å². The Hall–Kier alpha value is -1.22. The van der Waals surface area contributed by atoms with E-state index in [4.69, 9.17) is 9.47 Å². The highest BCUT2D eigenvalue weighted by molar-refractivity contribution is 5.42. The lowest BCUT2D eigenvalue weighted by Crippen LogP contribution is -2.28. The zero-order valence-corrected chi connectivity index (χ0v) is 9.37. The van der Waals surface area contributed by atoms with Crippen molar-refractivity contribution < 1.29 is 9.47 Å². The lowest BCUT2D eigenvalue weighted by molar-refractivity contribution is 0.275. The molecule has 3 rings (SSSR count). The van der Waals surface area contributed by atoms with Gasteiger partial charge in [-0.05, 0) is 31.0 Å². The van der Waals surface area contributed by atoms with Crippen LogP contribution in [0.3, 0.4) is 0 Å². The second-order valence-corrected chi connectivity index (χ2v) is 4.47. The maximum atomic E-state index is 5.77. The van der Waals surface area contributed by atoms with Crippen LogP contribution in [0.2, 0.25) is 0 Å². The van der Waals surface area contributed by atoms with Crippen LogP contribution in [0.4, 0.5) is 0 Å². The van der Waals surface area contributed by atoms with Crippen molar-refractivity contribution in [3.63, 3.8) is 0 Å². The summed E-state index contributed by atoms with van der Waals surface area (Å²) in [4.78, 5) is 0. The first-order valence-electron chi connectivity index (χ1n) is 6.04. The molecule has 2 heterocycles. The predicted molar refractivity (Wildman–Crippen MR) is 62.2 cm³/mol. The van der Waals surface area contributed by atoms with E-state index in [1.54, 1.807) is 0 Å². The molecule has 3 nitrogen and oxygen atoms in total. The zero-order valence-electron chi connectivity index (χ0n) is 9.37. The first-order valence-corrected chi connectivity index (χ1v) is 6.04. The van der Waals surface area contributed by atoms with Gasteiger partial charge in [-0.15, -0.1) is 0 Å². The number of nitrogens with one attached hydrogen (secondary N) is 1. The molecular formula is C13H17NO2. The van der Waals surface area contributed by atoms with E-state index in [1.807, 2.05) is 12.1 Å². The normalized spacial score (nSPS) is 22.9. The van der Waals surface area contributed by atoms with Crippen molar-refractivity contribution in [2.75, 3.05) is 19.8 Å². The Bertz CT molecular complexity index is 372. The molecule has 0 aliphatic carbocycles. The summed E-state index contributed by atoms with van der Waals surface area (Å²) in [6, 6.07) is 6.69. The Kier molecular flexibility index (Phi) is 2.70. The smallest absolute Gasteiger partial charge is 0.126 e. The van der Waals surface area contributed by atoms with Crippen molar-refractivity contribution in [2.45, 2.75) is 25.3 Å². The Morgan fingerprint density at radius 1 is 1.44 bits per heavy atom. The maximum Gasteiger partial charge on any atom is 0.126 e. The van der Waals surface area contributed by atoms with Crippen molar-refractivity contribution in [1.29, 1.82) is 0 Å². The van der Waals surface area contributed by atoms with Crippen LogP contribution in [0, 0.1) is 0 Å². The van der Waals surface area contributed by atoms with Gasteiger partial charge in [0.15, 0.2) is 0 Å². The molecule has 3 heteroatoms. The Morgan fingerprint density at radius 2 is 2.44 bits per heavy atom. The molecule has 1 fully saturated rings. The van der Waals surface area contributed by atoms with E-state index in [-0.39, 0.29) is 0 Å². The van der Waals surface area contributed by atoms with Crippen molar-refractivity contribution in [2.24, 2.45) is 0 Å². The Labute approximate surface area is 95.8 Å². The quantitative estimate of drug-likeness (QED) is 0.840. The lowest BCUT2D eigenvalue weighted by Gasteiger charge is -2.12. The molecule has 0 radical (unpaired) electrons. The van der Waals surface area contributed by atoms with E-state index in [1.165, 1.54) is 18.4 Å². The maximum absolute atomic E-state index is 5.77. The number of rotatable bonds is 3. The van der Waals surface area contributed by atoms with E-state index >= 15 is 0 Å². The molecule has 16 heavy (non-hydrogen) atoms. The van der Waals surface area contributed by atoms with Gasteiger partial charge in [0.1, 0.15) is 18.1 Å². The largest absolute Gasteiger partial charge is 0.493 e. The number of benzene rings is 1. The van der Waals surface area contributed by atoms with Gasteiger partial charge in [-0.1, -0.05) is 6.07 Å². The fourth-order valence-corrected chi connectivity index (χ4v) is 2.33. The summed E-state index contributed by atoms with van der Waals surface area (Å²) in [5.41, 5.74) is 1.30. The second kappa shape index (κ2) is 4.34. The fourth-order valence-electron chi connectivity index (χ4n) is 2.33. The summed E-state index contributed by atoms with van der Waals surface area (Å²) in [5.74, 6) is 1.92. The number of ether oxygens (including phenoxy) is 2. The third kappa shape index (κ3) is 2.00. The molecular weight excluding hydrogens is 202 g/mol. The van der Waals surface area contributed by atoms with Gasteiger partial charge < -0.3 is 14.8 Å². The minimum Gasteiger partial charge on any atom is -0.493 e. The summed E-state index contributed by atoms with van der Waals surface area (Å²) in [6.45, 7) is 2.70. The average molecular weight is 219 g/mol. The first-order chi connectivity index (χ1) is 7.92. The molecule has 1 N–H and O–H groups in total. The SMILES string of the molecule is c1cc2c(cc1OCC1CCCN1)OCC2. The average Bonchev–Trinajstić information content (AvgIpc) is 2.97. The summed E-state index contributed by atoms with van der Waals surface area (Å²) >= 11 is 0. The molecule has 1 aromatic carbocycles. The van der Waals surface area contributed by atoms with Crippen molar-refractivity contribution in [3.05, 3.63) is 23.8 Å². The monoisotopic (exact) mass is 219 g/mol. The molecule has 1 saturated heterocycles. The number of fused-ring (bicyclic) bond motifs is 1. The third-order valence-corrected chi connectivity index (χ3v) is 3.28. The van der Waals surface area contributed by atoms with Gasteiger partial charge in [-0.2, -0.15) is 0 Å². The summed E-state index contributed by atoms with van der Waals surface area (Å²) in [5, 5.41) is 3.42. The van der Waals surface area contributed by atoms with E-state index in [9.17, 15) is 0 Å². The molecule has 0 bridgehead atoms. The van der Waals surface area contributed by atoms with Gasteiger partial charge in [-0.3, -0.25) is 0 Å². The summed E-state index contributed by atoms with van der Waals surface area (Å²) in [7, 11) is 0. The lowest BCUT2D eigenvalue weighted by atomic mass is 10.2. The molecule has 1 unspecified atom stereocenters. The zero-order chi connectivity index (χ0) is 10.8. The Morgan fingerprint density at radius 3 is 3.31 bits per heavy atom. The van der Waals surface area contributed by atoms with Gasteiger partial charge in [0.2, 0.25) is 0 Å². The van der Waals surface area contributed by atoms with E-state index in [0.717, 1.165) is 37.7 Å². The van der Waals surface area contributed by atoms with Crippen LogP contribution >= 0.6 is 0 Å². The van der Waals surface area contributed by atoms with Gasteiger partial charge in [-0.25, -0.2) is 0 Å². The van der Waals surface area contributed by atoms with Crippen LogP contribution in [0.5, 0.6) is 11.5 Å². The summed E-state index contributed by atoms with van der Waals surface area (Å²) < 4.78 is 11.3. The highest BCUT2D eigenvalue weighted by Gasteiger charge is 2.16.